The van der Waals surface area contributed by atoms with E-state index in [4.69, 9.17) is 9.47 Å². The molecular weight excluding hydrogens is 270 g/mol. The Bertz CT molecular complexity index is 511. The fourth-order valence-corrected chi connectivity index (χ4v) is 3.02. The molecule has 5 heteroatoms. The molecule has 3 rings (SSSR count). The molecule has 1 amide bonds. The number of hydrogen-bond donors (Lipinski definition) is 2. The molecule has 0 aromatic heterocycles. The number of carbonyl (C=O) groups is 1. The van der Waals surface area contributed by atoms with Crippen molar-refractivity contribution in [3.8, 4) is 11.5 Å². The maximum Gasteiger partial charge on any atom is 0.251 e. The summed E-state index contributed by atoms with van der Waals surface area (Å²) in [7, 11) is 0. The van der Waals surface area contributed by atoms with Gasteiger partial charge < -0.3 is 19.9 Å². The summed E-state index contributed by atoms with van der Waals surface area (Å²) in [6, 6.07) is 5.11. The molecule has 1 saturated carbocycles. The van der Waals surface area contributed by atoms with Gasteiger partial charge >= 0.3 is 0 Å². The molecule has 114 valence electrons. The molecule has 2 aliphatic rings. The highest BCUT2D eigenvalue weighted by atomic mass is 16.7. The quantitative estimate of drug-likeness (QED) is 0.891. The van der Waals surface area contributed by atoms with Crippen molar-refractivity contribution in [1.82, 2.24) is 5.32 Å². The van der Waals surface area contributed by atoms with Crippen LogP contribution in [-0.4, -0.2) is 30.5 Å². The van der Waals surface area contributed by atoms with Crippen molar-refractivity contribution in [2.24, 2.45) is 5.92 Å². The van der Waals surface area contributed by atoms with Gasteiger partial charge in [0.25, 0.3) is 5.91 Å². The summed E-state index contributed by atoms with van der Waals surface area (Å²) >= 11 is 0. The largest absolute Gasteiger partial charge is 0.454 e. The Morgan fingerprint density at radius 2 is 2.00 bits per heavy atom. The molecule has 1 aliphatic heterocycles. The SMILES string of the molecule is O=C(NCC(O)C1CCCCC1)c1ccc2c(c1)OCO2. The van der Waals surface area contributed by atoms with E-state index in [0.29, 0.717) is 29.5 Å². The second-order valence-corrected chi connectivity index (χ2v) is 5.74. The maximum atomic E-state index is 12.1. The van der Waals surface area contributed by atoms with E-state index >= 15 is 0 Å². The van der Waals surface area contributed by atoms with Crippen LogP contribution in [0.2, 0.25) is 0 Å². The van der Waals surface area contributed by atoms with Gasteiger partial charge in [-0.1, -0.05) is 19.3 Å². The van der Waals surface area contributed by atoms with Gasteiger partial charge in [-0.25, -0.2) is 0 Å². The minimum Gasteiger partial charge on any atom is -0.454 e. The summed E-state index contributed by atoms with van der Waals surface area (Å²) in [5, 5.41) is 13.0. The van der Waals surface area contributed by atoms with Crippen LogP contribution in [0, 0.1) is 5.92 Å². The first-order valence-electron chi connectivity index (χ1n) is 7.60. The van der Waals surface area contributed by atoms with Crippen molar-refractivity contribution in [3.05, 3.63) is 23.8 Å². The van der Waals surface area contributed by atoms with Crippen LogP contribution in [0.4, 0.5) is 0 Å². The summed E-state index contributed by atoms with van der Waals surface area (Å²) in [5.74, 6) is 1.38. The van der Waals surface area contributed by atoms with Crippen LogP contribution >= 0.6 is 0 Å². The molecule has 0 radical (unpaired) electrons. The maximum absolute atomic E-state index is 12.1. The lowest BCUT2D eigenvalue weighted by molar-refractivity contribution is 0.0738. The van der Waals surface area contributed by atoms with Crippen LogP contribution < -0.4 is 14.8 Å². The Morgan fingerprint density at radius 1 is 1.24 bits per heavy atom. The van der Waals surface area contributed by atoms with Crippen molar-refractivity contribution in [2.75, 3.05) is 13.3 Å². The molecule has 1 unspecified atom stereocenters. The van der Waals surface area contributed by atoms with Gasteiger partial charge in [0.15, 0.2) is 11.5 Å². The number of amides is 1. The zero-order valence-corrected chi connectivity index (χ0v) is 12.0. The van der Waals surface area contributed by atoms with Crippen LogP contribution in [0.3, 0.4) is 0 Å². The molecule has 1 aliphatic carbocycles. The average Bonchev–Trinajstić information content (AvgIpc) is 3.00. The number of ether oxygens (including phenoxy) is 2. The van der Waals surface area contributed by atoms with E-state index < -0.39 is 6.10 Å². The highest BCUT2D eigenvalue weighted by Gasteiger charge is 2.22. The van der Waals surface area contributed by atoms with E-state index in [2.05, 4.69) is 5.32 Å². The van der Waals surface area contributed by atoms with Crippen LogP contribution in [0.25, 0.3) is 0 Å². The van der Waals surface area contributed by atoms with E-state index in [1.165, 1.54) is 19.3 Å². The highest BCUT2D eigenvalue weighted by Crippen LogP contribution is 2.32. The fourth-order valence-electron chi connectivity index (χ4n) is 3.02. The van der Waals surface area contributed by atoms with Gasteiger partial charge in [-0.2, -0.15) is 0 Å². The van der Waals surface area contributed by atoms with Gasteiger partial charge in [-0.3, -0.25) is 4.79 Å². The molecule has 5 nitrogen and oxygen atoms in total. The molecule has 1 atom stereocenters. The van der Waals surface area contributed by atoms with Crippen LogP contribution in [0.1, 0.15) is 42.5 Å². The molecule has 2 N–H and O–H groups in total. The Hall–Kier alpha value is -1.75. The lowest BCUT2D eigenvalue weighted by Crippen LogP contribution is -2.37. The number of hydrogen-bond acceptors (Lipinski definition) is 4. The molecule has 0 spiro atoms. The van der Waals surface area contributed by atoms with Crippen molar-refractivity contribution in [1.29, 1.82) is 0 Å². The second kappa shape index (κ2) is 6.35. The lowest BCUT2D eigenvalue weighted by Gasteiger charge is -2.26. The summed E-state index contributed by atoms with van der Waals surface area (Å²) in [4.78, 5) is 12.1. The van der Waals surface area contributed by atoms with Gasteiger partial charge in [-0.15, -0.1) is 0 Å². The van der Waals surface area contributed by atoms with E-state index in [0.717, 1.165) is 12.8 Å². The highest BCUT2D eigenvalue weighted by molar-refractivity contribution is 5.94. The number of nitrogens with one attached hydrogen (secondary N) is 1. The topological polar surface area (TPSA) is 67.8 Å². The third-order valence-electron chi connectivity index (χ3n) is 4.30. The van der Waals surface area contributed by atoms with Crippen molar-refractivity contribution < 1.29 is 19.4 Å². The number of fused-ring (bicyclic) bond motifs is 1. The van der Waals surface area contributed by atoms with Crippen molar-refractivity contribution in [3.63, 3.8) is 0 Å². The zero-order chi connectivity index (χ0) is 14.7. The molecule has 1 heterocycles. The van der Waals surface area contributed by atoms with E-state index in [1.807, 2.05) is 0 Å². The van der Waals surface area contributed by atoms with Crippen LogP contribution in [0.5, 0.6) is 11.5 Å². The van der Waals surface area contributed by atoms with Crippen molar-refractivity contribution in [2.45, 2.75) is 38.2 Å². The summed E-state index contributed by atoms with van der Waals surface area (Å²) < 4.78 is 10.5. The van der Waals surface area contributed by atoms with Gasteiger partial charge in [0.05, 0.1) is 6.10 Å². The van der Waals surface area contributed by atoms with Gasteiger partial charge in [0.2, 0.25) is 6.79 Å². The minimum absolute atomic E-state index is 0.192. The van der Waals surface area contributed by atoms with Crippen LogP contribution in [-0.2, 0) is 0 Å². The number of rotatable bonds is 4. The fraction of sp³-hybridized carbons (Fsp3) is 0.562. The number of benzene rings is 1. The Kier molecular flexibility index (Phi) is 4.29. The Morgan fingerprint density at radius 3 is 2.81 bits per heavy atom. The standard InChI is InChI=1S/C16H21NO4/c18-13(11-4-2-1-3-5-11)9-17-16(19)12-6-7-14-15(8-12)21-10-20-14/h6-8,11,13,18H,1-5,9-10H2,(H,17,19). The number of aliphatic hydroxyl groups excluding tert-OH is 1. The first kappa shape index (κ1) is 14.2. The van der Waals surface area contributed by atoms with E-state index in [-0.39, 0.29) is 12.7 Å². The monoisotopic (exact) mass is 291 g/mol. The Balaban J connectivity index is 1.54. The minimum atomic E-state index is -0.455. The number of aliphatic hydroxyl groups is 1. The third kappa shape index (κ3) is 3.29. The smallest absolute Gasteiger partial charge is 0.251 e. The molecular formula is C16H21NO4. The van der Waals surface area contributed by atoms with Gasteiger partial charge in [-0.05, 0) is 37.0 Å². The molecule has 0 saturated heterocycles. The van der Waals surface area contributed by atoms with Crippen molar-refractivity contribution >= 4 is 5.91 Å². The first-order valence-corrected chi connectivity index (χ1v) is 7.60. The predicted octanol–water partition coefficient (Wildman–Crippen LogP) is 2.09. The molecule has 1 aromatic carbocycles. The second-order valence-electron chi connectivity index (χ2n) is 5.74. The van der Waals surface area contributed by atoms with E-state index in [1.54, 1.807) is 18.2 Å². The summed E-state index contributed by atoms with van der Waals surface area (Å²) in [6.07, 6.45) is 5.27. The Labute approximate surface area is 124 Å². The number of carbonyl (C=O) groups excluding carboxylic acids is 1. The summed E-state index contributed by atoms with van der Waals surface area (Å²) in [6.45, 7) is 0.499. The van der Waals surface area contributed by atoms with E-state index in [9.17, 15) is 9.90 Å². The first-order chi connectivity index (χ1) is 10.2. The zero-order valence-electron chi connectivity index (χ0n) is 12.0. The molecule has 21 heavy (non-hydrogen) atoms. The van der Waals surface area contributed by atoms with Gasteiger partial charge in [0.1, 0.15) is 0 Å². The van der Waals surface area contributed by atoms with Gasteiger partial charge in [0, 0.05) is 12.1 Å². The molecule has 0 bridgehead atoms. The third-order valence-corrected chi connectivity index (χ3v) is 4.30. The molecule has 1 fully saturated rings. The normalized spacial score (nSPS) is 19.3. The average molecular weight is 291 g/mol. The predicted molar refractivity (Wildman–Crippen MR) is 77.5 cm³/mol. The molecule has 1 aromatic rings. The summed E-state index contributed by atoms with van der Waals surface area (Å²) in [5.41, 5.74) is 0.523. The lowest BCUT2D eigenvalue weighted by atomic mass is 9.85. The van der Waals surface area contributed by atoms with Crippen LogP contribution in [0.15, 0.2) is 18.2 Å².